The number of methoxy groups -OCH3 is 1. The molecule has 31 heavy (non-hydrogen) atoms. The maximum atomic E-state index is 14.0. The molecule has 0 aliphatic carbocycles. The minimum Gasteiger partial charge on any atom is -0.495 e. The van der Waals surface area contributed by atoms with E-state index in [1.54, 1.807) is 24.3 Å². The van der Waals surface area contributed by atoms with Crippen molar-refractivity contribution in [2.75, 3.05) is 23.0 Å². The number of halogens is 2. The lowest BCUT2D eigenvalue weighted by Crippen LogP contribution is -2.29. The predicted molar refractivity (Wildman–Crippen MR) is 120 cm³/mol. The third-order valence-corrected chi connectivity index (χ3v) is 5.87. The van der Waals surface area contributed by atoms with Crippen molar-refractivity contribution >= 4 is 38.9 Å². The molecule has 3 aromatic rings. The number of amides is 1. The van der Waals surface area contributed by atoms with Gasteiger partial charge in [-0.15, -0.1) is 0 Å². The molecule has 3 aromatic carbocycles. The van der Waals surface area contributed by atoms with E-state index in [9.17, 15) is 17.6 Å². The summed E-state index contributed by atoms with van der Waals surface area (Å²) in [4.78, 5) is 12.6. The van der Waals surface area contributed by atoms with Gasteiger partial charge in [0.15, 0.2) is 0 Å². The van der Waals surface area contributed by atoms with Gasteiger partial charge in [-0.2, -0.15) is 0 Å². The Hall–Kier alpha value is -3.10. The van der Waals surface area contributed by atoms with Gasteiger partial charge in [0.1, 0.15) is 11.6 Å². The molecule has 9 heteroatoms. The number of rotatable bonds is 7. The molecule has 0 aliphatic heterocycles. The highest BCUT2D eigenvalue weighted by Crippen LogP contribution is 2.28. The van der Waals surface area contributed by atoms with Crippen LogP contribution in [0.5, 0.6) is 5.75 Å². The van der Waals surface area contributed by atoms with Gasteiger partial charge < -0.3 is 10.1 Å². The van der Waals surface area contributed by atoms with Crippen LogP contribution in [-0.4, -0.2) is 27.7 Å². The van der Waals surface area contributed by atoms with Crippen LogP contribution in [0.15, 0.2) is 66.7 Å². The number of benzene rings is 3. The zero-order valence-electron chi connectivity index (χ0n) is 16.8. The van der Waals surface area contributed by atoms with Crippen molar-refractivity contribution in [1.82, 2.24) is 0 Å². The standard InChI is InChI=1S/C22H20ClFN2O4S/c1-30-21-12-9-17(23)13-20(21)25-22(27)15-7-10-18(11-8-15)26(31(2,28)29)14-16-5-3-4-6-19(16)24/h3-13H,14H2,1-2H3,(H,25,27). The molecule has 162 valence electrons. The van der Waals surface area contributed by atoms with E-state index < -0.39 is 21.7 Å². The fourth-order valence-electron chi connectivity index (χ4n) is 2.93. The van der Waals surface area contributed by atoms with Gasteiger partial charge in [0.05, 0.1) is 31.3 Å². The van der Waals surface area contributed by atoms with E-state index in [1.807, 2.05) is 0 Å². The summed E-state index contributed by atoms with van der Waals surface area (Å²) >= 11 is 5.98. The van der Waals surface area contributed by atoms with Gasteiger partial charge in [-0.25, -0.2) is 12.8 Å². The van der Waals surface area contributed by atoms with Gasteiger partial charge in [0.25, 0.3) is 5.91 Å². The summed E-state index contributed by atoms with van der Waals surface area (Å²) in [6.07, 6.45) is 1.04. The van der Waals surface area contributed by atoms with Gasteiger partial charge in [-0.3, -0.25) is 9.10 Å². The number of anilines is 2. The Morgan fingerprint density at radius 2 is 1.77 bits per heavy atom. The van der Waals surface area contributed by atoms with Crippen molar-refractivity contribution in [2.24, 2.45) is 0 Å². The second-order valence-corrected chi connectivity index (χ2v) is 9.05. The third kappa shape index (κ3) is 5.53. The predicted octanol–water partition coefficient (Wildman–Crippen LogP) is 4.71. The summed E-state index contributed by atoms with van der Waals surface area (Å²) in [7, 11) is -2.22. The number of carbonyl (C=O) groups excluding carboxylic acids is 1. The van der Waals surface area contributed by atoms with E-state index >= 15 is 0 Å². The summed E-state index contributed by atoms with van der Waals surface area (Å²) in [5.41, 5.74) is 1.25. The van der Waals surface area contributed by atoms with E-state index in [0.717, 1.165) is 10.6 Å². The molecule has 0 aromatic heterocycles. The molecule has 0 atom stereocenters. The van der Waals surface area contributed by atoms with E-state index in [2.05, 4.69) is 5.32 Å². The molecule has 0 aliphatic rings. The fourth-order valence-corrected chi connectivity index (χ4v) is 3.98. The third-order valence-electron chi connectivity index (χ3n) is 4.50. The van der Waals surface area contributed by atoms with E-state index in [4.69, 9.17) is 16.3 Å². The van der Waals surface area contributed by atoms with Crippen LogP contribution in [0.3, 0.4) is 0 Å². The molecule has 0 unspecified atom stereocenters. The van der Waals surface area contributed by atoms with Gasteiger partial charge in [0.2, 0.25) is 10.0 Å². The number of hydrogen-bond acceptors (Lipinski definition) is 4. The lowest BCUT2D eigenvalue weighted by atomic mass is 10.1. The zero-order valence-corrected chi connectivity index (χ0v) is 18.4. The number of ether oxygens (including phenoxy) is 1. The van der Waals surface area contributed by atoms with Crippen LogP contribution in [0.2, 0.25) is 5.02 Å². The maximum Gasteiger partial charge on any atom is 0.255 e. The quantitative estimate of drug-likeness (QED) is 0.552. The molecule has 0 fully saturated rings. The van der Waals surface area contributed by atoms with Gasteiger partial charge in [-0.05, 0) is 48.5 Å². The topological polar surface area (TPSA) is 75.7 Å². The molecule has 3 rings (SSSR count). The summed E-state index contributed by atoms with van der Waals surface area (Å²) in [6.45, 7) is -0.170. The number of carbonyl (C=O) groups is 1. The second kappa shape index (κ2) is 9.36. The highest BCUT2D eigenvalue weighted by molar-refractivity contribution is 7.92. The summed E-state index contributed by atoms with van der Waals surface area (Å²) in [6, 6.07) is 16.8. The highest BCUT2D eigenvalue weighted by Gasteiger charge is 2.20. The Kier molecular flexibility index (Phi) is 6.82. The SMILES string of the molecule is COc1ccc(Cl)cc1NC(=O)c1ccc(N(Cc2ccccc2F)S(C)(=O)=O)cc1. The summed E-state index contributed by atoms with van der Waals surface area (Å²) < 4.78 is 44.9. The molecule has 0 saturated carbocycles. The Labute approximate surface area is 185 Å². The van der Waals surface area contributed by atoms with Crippen molar-refractivity contribution in [3.05, 3.63) is 88.7 Å². The van der Waals surface area contributed by atoms with Crippen LogP contribution >= 0.6 is 11.6 Å². The Balaban J connectivity index is 1.84. The first kappa shape index (κ1) is 22.6. The van der Waals surface area contributed by atoms with E-state index in [0.29, 0.717) is 27.7 Å². The number of sulfonamides is 1. The molecule has 6 nitrogen and oxygen atoms in total. The van der Waals surface area contributed by atoms with E-state index in [-0.39, 0.29) is 12.1 Å². The van der Waals surface area contributed by atoms with Crippen LogP contribution in [0.4, 0.5) is 15.8 Å². The molecule has 0 saturated heterocycles. The van der Waals surface area contributed by atoms with Crippen LogP contribution in [0.1, 0.15) is 15.9 Å². The molecule has 0 heterocycles. The van der Waals surface area contributed by atoms with Crippen LogP contribution in [0.25, 0.3) is 0 Å². The first-order valence-corrected chi connectivity index (χ1v) is 11.4. The molecule has 0 bridgehead atoms. The lowest BCUT2D eigenvalue weighted by molar-refractivity contribution is 0.102. The lowest BCUT2D eigenvalue weighted by Gasteiger charge is -2.23. The molecular formula is C22H20ClFN2O4S. The highest BCUT2D eigenvalue weighted by atomic mass is 35.5. The van der Waals surface area contributed by atoms with Crippen LogP contribution in [-0.2, 0) is 16.6 Å². The van der Waals surface area contributed by atoms with Crippen molar-refractivity contribution in [3.63, 3.8) is 0 Å². The van der Waals surface area contributed by atoms with Gasteiger partial charge >= 0.3 is 0 Å². The van der Waals surface area contributed by atoms with Crippen molar-refractivity contribution in [2.45, 2.75) is 6.54 Å². The summed E-state index contributed by atoms with van der Waals surface area (Å²) in [5.74, 6) is -0.475. The van der Waals surface area contributed by atoms with Gasteiger partial charge in [-0.1, -0.05) is 29.8 Å². The molecular weight excluding hydrogens is 443 g/mol. The number of hydrogen-bond donors (Lipinski definition) is 1. The normalized spacial score (nSPS) is 11.1. The monoisotopic (exact) mass is 462 g/mol. The minimum absolute atomic E-state index is 0.170. The zero-order chi connectivity index (χ0) is 22.6. The first-order valence-electron chi connectivity index (χ1n) is 9.15. The van der Waals surface area contributed by atoms with Crippen LogP contribution in [0, 0.1) is 5.82 Å². The Morgan fingerprint density at radius 3 is 2.39 bits per heavy atom. The van der Waals surface area contributed by atoms with Crippen molar-refractivity contribution in [1.29, 1.82) is 0 Å². The average molecular weight is 463 g/mol. The molecule has 0 spiro atoms. The fraction of sp³-hybridized carbons (Fsp3) is 0.136. The molecule has 0 radical (unpaired) electrons. The number of nitrogens with zero attached hydrogens (tertiary/aromatic N) is 1. The average Bonchev–Trinajstić information content (AvgIpc) is 2.72. The van der Waals surface area contributed by atoms with Crippen molar-refractivity contribution < 1.29 is 22.3 Å². The van der Waals surface area contributed by atoms with E-state index in [1.165, 1.54) is 49.6 Å². The Morgan fingerprint density at radius 1 is 1.10 bits per heavy atom. The smallest absolute Gasteiger partial charge is 0.255 e. The minimum atomic E-state index is -3.69. The first-order chi connectivity index (χ1) is 14.7. The number of nitrogens with one attached hydrogen (secondary N) is 1. The maximum absolute atomic E-state index is 14.0. The van der Waals surface area contributed by atoms with Gasteiger partial charge in [0, 0.05) is 16.1 Å². The second-order valence-electron chi connectivity index (χ2n) is 6.71. The Bertz CT molecular complexity index is 1200. The largest absolute Gasteiger partial charge is 0.495 e. The van der Waals surface area contributed by atoms with Crippen molar-refractivity contribution in [3.8, 4) is 5.75 Å². The molecule has 1 amide bonds. The summed E-state index contributed by atoms with van der Waals surface area (Å²) in [5, 5.41) is 3.15. The van der Waals surface area contributed by atoms with Crippen LogP contribution < -0.4 is 14.4 Å². The molecule has 1 N–H and O–H groups in total.